The smallest absolute Gasteiger partial charge is 0.133 e. The molecular formula is C16H27N3O. The number of aryl methyl sites for hydroxylation is 2. The molecule has 0 aliphatic heterocycles. The third-order valence-corrected chi connectivity index (χ3v) is 4.29. The first-order valence-electron chi connectivity index (χ1n) is 7.72. The molecule has 0 atom stereocenters. The second-order valence-electron chi connectivity index (χ2n) is 5.80. The van der Waals surface area contributed by atoms with Crippen LogP contribution in [-0.2, 0) is 6.54 Å². The van der Waals surface area contributed by atoms with E-state index in [0.29, 0.717) is 19.1 Å². The molecule has 0 unspecified atom stereocenters. The topological polar surface area (TPSA) is 62.4 Å². The summed E-state index contributed by atoms with van der Waals surface area (Å²) < 4.78 is 0. The van der Waals surface area contributed by atoms with Crippen LogP contribution >= 0.6 is 0 Å². The van der Waals surface area contributed by atoms with Crippen LogP contribution in [0, 0.1) is 13.8 Å². The van der Waals surface area contributed by atoms with Crippen LogP contribution in [0.1, 0.15) is 48.9 Å². The molecule has 112 valence electrons. The van der Waals surface area contributed by atoms with Crippen molar-refractivity contribution in [3.05, 3.63) is 22.9 Å². The summed E-state index contributed by atoms with van der Waals surface area (Å²) in [6.45, 7) is 5.43. The van der Waals surface area contributed by atoms with E-state index in [1.807, 2.05) is 6.92 Å². The van der Waals surface area contributed by atoms with E-state index in [-0.39, 0.29) is 6.61 Å². The van der Waals surface area contributed by atoms with Crippen LogP contribution in [0.15, 0.2) is 6.07 Å². The highest BCUT2D eigenvalue weighted by atomic mass is 16.3. The predicted molar refractivity (Wildman–Crippen MR) is 82.9 cm³/mol. The summed E-state index contributed by atoms with van der Waals surface area (Å²) >= 11 is 0. The third kappa shape index (κ3) is 3.30. The summed E-state index contributed by atoms with van der Waals surface area (Å²) in [6.07, 6.45) is 6.26. The van der Waals surface area contributed by atoms with Crippen molar-refractivity contribution in [3.63, 3.8) is 0 Å². The Balaban J connectivity index is 2.37. The Morgan fingerprint density at radius 2 is 2.00 bits per heavy atom. The average Bonchev–Trinajstić information content (AvgIpc) is 2.45. The minimum atomic E-state index is 0.162. The summed E-state index contributed by atoms with van der Waals surface area (Å²) in [7, 11) is 0. The number of nitrogens with zero attached hydrogens (tertiary/aromatic N) is 2. The molecule has 0 radical (unpaired) electrons. The summed E-state index contributed by atoms with van der Waals surface area (Å²) in [4.78, 5) is 7.03. The molecule has 4 heteroatoms. The maximum atomic E-state index is 9.43. The highest BCUT2D eigenvalue weighted by Gasteiger charge is 2.24. The van der Waals surface area contributed by atoms with Gasteiger partial charge in [0.25, 0.3) is 0 Å². The largest absolute Gasteiger partial charge is 0.395 e. The number of aromatic nitrogens is 1. The van der Waals surface area contributed by atoms with E-state index in [1.165, 1.54) is 37.7 Å². The molecular weight excluding hydrogens is 250 g/mol. The highest BCUT2D eigenvalue weighted by molar-refractivity contribution is 5.52. The van der Waals surface area contributed by atoms with Crippen molar-refractivity contribution < 1.29 is 5.11 Å². The molecule has 1 heterocycles. The zero-order valence-corrected chi connectivity index (χ0v) is 12.7. The molecule has 20 heavy (non-hydrogen) atoms. The Morgan fingerprint density at radius 1 is 1.30 bits per heavy atom. The molecule has 0 bridgehead atoms. The molecule has 0 amide bonds. The fourth-order valence-corrected chi connectivity index (χ4v) is 3.30. The van der Waals surface area contributed by atoms with E-state index >= 15 is 0 Å². The molecule has 1 aromatic heterocycles. The zero-order valence-electron chi connectivity index (χ0n) is 12.7. The van der Waals surface area contributed by atoms with Gasteiger partial charge in [-0.05, 0) is 38.3 Å². The van der Waals surface area contributed by atoms with E-state index < -0.39 is 0 Å². The lowest BCUT2D eigenvalue weighted by Crippen LogP contribution is -2.40. The molecule has 2 rings (SSSR count). The lowest BCUT2D eigenvalue weighted by molar-refractivity contribution is 0.289. The Kier molecular flexibility index (Phi) is 5.38. The minimum absolute atomic E-state index is 0.162. The molecule has 1 aliphatic carbocycles. The number of hydrogen-bond donors (Lipinski definition) is 2. The van der Waals surface area contributed by atoms with Crippen molar-refractivity contribution in [1.29, 1.82) is 0 Å². The average molecular weight is 277 g/mol. The van der Waals surface area contributed by atoms with Crippen molar-refractivity contribution in [3.8, 4) is 0 Å². The van der Waals surface area contributed by atoms with Crippen LogP contribution < -0.4 is 10.6 Å². The Labute approximate surface area is 122 Å². The van der Waals surface area contributed by atoms with Crippen LogP contribution in [0.3, 0.4) is 0 Å². The first-order chi connectivity index (χ1) is 9.67. The summed E-state index contributed by atoms with van der Waals surface area (Å²) in [5.74, 6) is 0.992. The number of aliphatic hydroxyl groups is 1. The fourth-order valence-electron chi connectivity index (χ4n) is 3.30. The van der Waals surface area contributed by atoms with Crippen molar-refractivity contribution in [2.45, 2.75) is 58.5 Å². The summed E-state index contributed by atoms with van der Waals surface area (Å²) in [5, 5.41) is 9.43. The number of rotatable bonds is 5. The first kappa shape index (κ1) is 15.3. The maximum Gasteiger partial charge on any atom is 0.133 e. The fraction of sp³-hybridized carbons (Fsp3) is 0.688. The van der Waals surface area contributed by atoms with E-state index in [0.717, 1.165) is 17.1 Å². The van der Waals surface area contributed by atoms with Crippen molar-refractivity contribution in [2.75, 3.05) is 18.1 Å². The third-order valence-electron chi connectivity index (χ3n) is 4.29. The highest BCUT2D eigenvalue weighted by Crippen LogP contribution is 2.29. The van der Waals surface area contributed by atoms with Gasteiger partial charge in [-0.2, -0.15) is 0 Å². The molecule has 1 fully saturated rings. The maximum absolute atomic E-state index is 9.43. The van der Waals surface area contributed by atoms with Gasteiger partial charge in [-0.3, -0.25) is 0 Å². The molecule has 0 saturated heterocycles. The van der Waals surface area contributed by atoms with Gasteiger partial charge in [0.05, 0.1) is 6.61 Å². The molecule has 4 nitrogen and oxygen atoms in total. The molecule has 1 aliphatic rings. The van der Waals surface area contributed by atoms with Gasteiger partial charge in [0, 0.05) is 30.4 Å². The van der Waals surface area contributed by atoms with Gasteiger partial charge in [-0.25, -0.2) is 4.98 Å². The second kappa shape index (κ2) is 7.04. The molecule has 0 aromatic carbocycles. The van der Waals surface area contributed by atoms with Gasteiger partial charge >= 0.3 is 0 Å². The van der Waals surface area contributed by atoms with E-state index in [9.17, 15) is 5.11 Å². The second-order valence-corrected chi connectivity index (χ2v) is 5.80. The van der Waals surface area contributed by atoms with Gasteiger partial charge in [0.15, 0.2) is 0 Å². The monoisotopic (exact) mass is 277 g/mol. The normalized spacial score (nSPS) is 16.4. The Hall–Kier alpha value is -1.13. The van der Waals surface area contributed by atoms with Gasteiger partial charge in [0.1, 0.15) is 5.82 Å². The van der Waals surface area contributed by atoms with E-state index in [4.69, 9.17) is 10.7 Å². The first-order valence-corrected chi connectivity index (χ1v) is 7.72. The number of hydrogen-bond acceptors (Lipinski definition) is 4. The molecule has 1 saturated carbocycles. The van der Waals surface area contributed by atoms with Gasteiger partial charge < -0.3 is 15.7 Å². The van der Waals surface area contributed by atoms with Gasteiger partial charge in [-0.1, -0.05) is 19.3 Å². The standard InChI is InChI=1S/C16H27N3O/c1-12-10-13(2)18-16(15(12)11-17)19(8-9-20)14-6-4-3-5-7-14/h10,14,20H,3-9,11,17H2,1-2H3. The van der Waals surface area contributed by atoms with Crippen LogP contribution in [0.4, 0.5) is 5.82 Å². The summed E-state index contributed by atoms with van der Waals surface area (Å²) in [5.41, 5.74) is 9.28. The molecule has 1 aromatic rings. The number of aliphatic hydroxyl groups excluding tert-OH is 1. The predicted octanol–water partition coefficient (Wildman–Crippen LogP) is 2.29. The Morgan fingerprint density at radius 3 is 2.60 bits per heavy atom. The van der Waals surface area contributed by atoms with Gasteiger partial charge in [-0.15, -0.1) is 0 Å². The lowest BCUT2D eigenvalue weighted by atomic mass is 9.93. The van der Waals surface area contributed by atoms with Crippen LogP contribution in [0.25, 0.3) is 0 Å². The molecule has 3 N–H and O–H groups in total. The minimum Gasteiger partial charge on any atom is -0.395 e. The van der Waals surface area contributed by atoms with Crippen LogP contribution in [-0.4, -0.2) is 29.3 Å². The number of pyridine rings is 1. The quantitative estimate of drug-likeness (QED) is 0.867. The van der Waals surface area contributed by atoms with Gasteiger partial charge in [0.2, 0.25) is 0 Å². The van der Waals surface area contributed by atoms with E-state index in [2.05, 4.69) is 17.9 Å². The van der Waals surface area contributed by atoms with Crippen molar-refractivity contribution >= 4 is 5.82 Å². The van der Waals surface area contributed by atoms with Crippen molar-refractivity contribution in [1.82, 2.24) is 4.98 Å². The summed E-state index contributed by atoms with van der Waals surface area (Å²) in [6, 6.07) is 2.58. The molecule has 0 spiro atoms. The zero-order chi connectivity index (χ0) is 14.5. The van der Waals surface area contributed by atoms with Crippen LogP contribution in [0.5, 0.6) is 0 Å². The van der Waals surface area contributed by atoms with Crippen molar-refractivity contribution in [2.24, 2.45) is 5.73 Å². The SMILES string of the molecule is Cc1cc(C)c(CN)c(N(CCO)C2CCCCC2)n1. The Bertz CT molecular complexity index is 442. The van der Waals surface area contributed by atoms with Crippen LogP contribution in [0.2, 0.25) is 0 Å². The lowest BCUT2D eigenvalue weighted by Gasteiger charge is -2.36. The number of anilines is 1. The number of nitrogens with two attached hydrogens (primary N) is 1. The van der Waals surface area contributed by atoms with E-state index in [1.54, 1.807) is 0 Å².